The average molecular weight is 186 g/mol. The van der Waals surface area contributed by atoms with Gasteiger partial charge >= 0.3 is 0 Å². The van der Waals surface area contributed by atoms with Gasteiger partial charge in [0.1, 0.15) is 5.75 Å². The zero-order valence-corrected chi connectivity index (χ0v) is 8.54. The summed E-state index contributed by atoms with van der Waals surface area (Å²) >= 11 is 0. The number of hydrogen-bond donors (Lipinski definition) is 1. The Hall–Kier alpha value is -1.50. The molecule has 0 amide bonds. The number of aromatic hydroxyl groups is 1. The van der Waals surface area contributed by atoms with Crippen molar-refractivity contribution in [1.82, 2.24) is 0 Å². The average Bonchev–Trinajstić information content (AvgIpc) is 2.17. The summed E-state index contributed by atoms with van der Waals surface area (Å²) < 4.78 is 0. The topological polar surface area (TPSA) is 20.2 Å². The molecule has 0 fully saturated rings. The number of hydrogen-bond acceptors (Lipinski definition) is 1. The Bertz CT molecular complexity index is 467. The summed E-state index contributed by atoms with van der Waals surface area (Å²) in [5.41, 5.74) is 2.28. The molecule has 0 bridgehead atoms. The van der Waals surface area contributed by atoms with E-state index in [0.29, 0.717) is 5.75 Å². The van der Waals surface area contributed by atoms with Crippen molar-refractivity contribution in [2.45, 2.75) is 20.3 Å². The quantitative estimate of drug-likeness (QED) is 0.723. The highest BCUT2D eigenvalue weighted by molar-refractivity contribution is 5.88. The van der Waals surface area contributed by atoms with E-state index in [2.05, 4.69) is 32.0 Å². The molecule has 1 heteroatoms. The third-order valence-electron chi connectivity index (χ3n) is 2.62. The van der Waals surface area contributed by atoms with Crippen molar-refractivity contribution in [3.8, 4) is 5.75 Å². The SMILES string of the molecule is CCc1c(O)ccc2ccc(C)cc12. The molecule has 0 aliphatic carbocycles. The van der Waals surface area contributed by atoms with Crippen LogP contribution in [0.15, 0.2) is 30.3 Å². The van der Waals surface area contributed by atoms with Gasteiger partial charge < -0.3 is 5.11 Å². The predicted molar refractivity (Wildman–Crippen MR) is 59.7 cm³/mol. The van der Waals surface area contributed by atoms with Crippen LogP contribution in [0, 0.1) is 6.92 Å². The zero-order chi connectivity index (χ0) is 10.1. The lowest BCUT2D eigenvalue weighted by Gasteiger charge is -2.07. The number of benzene rings is 2. The van der Waals surface area contributed by atoms with E-state index in [9.17, 15) is 5.11 Å². The fraction of sp³-hybridized carbons (Fsp3) is 0.231. The predicted octanol–water partition coefficient (Wildman–Crippen LogP) is 3.42. The number of rotatable bonds is 1. The van der Waals surface area contributed by atoms with Crippen LogP contribution in [0.5, 0.6) is 5.75 Å². The van der Waals surface area contributed by atoms with Crippen LogP contribution in [-0.2, 0) is 6.42 Å². The highest BCUT2D eigenvalue weighted by Gasteiger charge is 2.04. The summed E-state index contributed by atoms with van der Waals surface area (Å²) in [5, 5.41) is 12.1. The summed E-state index contributed by atoms with van der Waals surface area (Å²) in [4.78, 5) is 0. The van der Waals surface area contributed by atoms with Crippen LogP contribution in [-0.4, -0.2) is 5.11 Å². The maximum atomic E-state index is 9.70. The Morgan fingerprint density at radius 2 is 1.86 bits per heavy atom. The zero-order valence-electron chi connectivity index (χ0n) is 8.54. The second-order valence-corrected chi connectivity index (χ2v) is 3.64. The smallest absolute Gasteiger partial charge is 0.119 e. The Morgan fingerprint density at radius 3 is 2.57 bits per heavy atom. The molecule has 2 aromatic rings. The first kappa shape index (κ1) is 9.07. The van der Waals surface area contributed by atoms with Gasteiger partial charge in [0.05, 0.1) is 0 Å². The van der Waals surface area contributed by atoms with Gasteiger partial charge in [-0.15, -0.1) is 0 Å². The molecule has 0 radical (unpaired) electrons. The maximum Gasteiger partial charge on any atom is 0.119 e. The largest absolute Gasteiger partial charge is 0.508 e. The van der Waals surface area contributed by atoms with E-state index in [4.69, 9.17) is 0 Å². The second kappa shape index (κ2) is 3.33. The summed E-state index contributed by atoms with van der Waals surface area (Å²) in [5.74, 6) is 0.408. The monoisotopic (exact) mass is 186 g/mol. The van der Waals surface area contributed by atoms with Crippen molar-refractivity contribution in [1.29, 1.82) is 0 Å². The second-order valence-electron chi connectivity index (χ2n) is 3.64. The van der Waals surface area contributed by atoms with Crippen LogP contribution < -0.4 is 0 Å². The molecule has 0 saturated heterocycles. The molecule has 0 heterocycles. The highest BCUT2D eigenvalue weighted by atomic mass is 16.3. The molecule has 0 spiro atoms. The van der Waals surface area contributed by atoms with Crippen molar-refractivity contribution in [2.75, 3.05) is 0 Å². The van der Waals surface area contributed by atoms with E-state index in [0.717, 1.165) is 12.0 Å². The lowest BCUT2D eigenvalue weighted by molar-refractivity contribution is 0.470. The standard InChI is InChI=1S/C13H14O/c1-3-11-12-8-9(2)4-5-10(12)6-7-13(11)14/h4-8,14H,3H2,1-2H3. The van der Waals surface area contributed by atoms with Gasteiger partial charge in [-0.3, -0.25) is 0 Å². The van der Waals surface area contributed by atoms with E-state index in [1.54, 1.807) is 6.07 Å². The molecule has 0 aromatic heterocycles. The van der Waals surface area contributed by atoms with Crippen molar-refractivity contribution in [3.63, 3.8) is 0 Å². The molecule has 0 unspecified atom stereocenters. The molecule has 14 heavy (non-hydrogen) atoms. The number of aryl methyl sites for hydroxylation is 2. The molecule has 0 atom stereocenters. The lowest BCUT2D eigenvalue weighted by Crippen LogP contribution is -1.85. The van der Waals surface area contributed by atoms with Crippen molar-refractivity contribution in [3.05, 3.63) is 41.5 Å². The first-order chi connectivity index (χ1) is 6.72. The summed E-state index contributed by atoms with van der Waals surface area (Å²) in [6.45, 7) is 4.14. The number of phenols is 1. The van der Waals surface area contributed by atoms with E-state index in [1.165, 1.54) is 16.3 Å². The summed E-state index contributed by atoms with van der Waals surface area (Å²) in [6, 6.07) is 10.1. The minimum absolute atomic E-state index is 0.408. The van der Waals surface area contributed by atoms with Gasteiger partial charge in [-0.05, 0) is 30.2 Å². The van der Waals surface area contributed by atoms with Crippen molar-refractivity contribution < 1.29 is 5.11 Å². The molecule has 1 nitrogen and oxygen atoms in total. The minimum atomic E-state index is 0.408. The lowest BCUT2D eigenvalue weighted by atomic mass is 10.00. The molecule has 0 aliphatic rings. The van der Waals surface area contributed by atoms with Crippen molar-refractivity contribution in [2.24, 2.45) is 0 Å². The van der Waals surface area contributed by atoms with Crippen LogP contribution in [0.2, 0.25) is 0 Å². The third-order valence-corrected chi connectivity index (χ3v) is 2.62. The van der Waals surface area contributed by atoms with Gasteiger partial charge in [-0.1, -0.05) is 36.8 Å². The van der Waals surface area contributed by atoms with Crippen LogP contribution in [0.25, 0.3) is 10.8 Å². The van der Waals surface area contributed by atoms with Crippen molar-refractivity contribution >= 4 is 10.8 Å². The van der Waals surface area contributed by atoms with Gasteiger partial charge in [-0.2, -0.15) is 0 Å². The van der Waals surface area contributed by atoms with Crippen LogP contribution >= 0.6 is 0 Å². The molecule has 2 rings (SSSR count). The van der Waals surface area contributed by atoms with E-state index in [-0.39, 0.29) is 0 Å². The summed E-state index contributed by atoms with van der Waals surface area (Å²) in [7, 11) is 0. The highest BCUT2D eigenvalue weighted by Crippen LogP contribution is 2.28. The maximum absolute atomic E-state index is 9.70. The van der Waals surface area contributed by atoms with Gasteiger partial charge in [0.2, 0.25) is 0 Å². The molecular formula is C13H14O. The molecule has 2 aromatic carbocycles. The summed E-state index contributed by atoms with van der Waals surface area (Å²) in [6.07, 6.45) is 0.868. The first-order valence-corrected chi connectivity index (χ1v) is 4.93. The third kappa shape index (κ3) is 1.35. The molecule has 72 valence electrons. The van der Waals surface area contributed by atoms with E-state index < -0.39 is 0 Å². The molecular weight excluding hydrogens is 172 g/mol. The van der Waals surface area contributed by atoms with Gasteiger partial charge in [0.15, 0.2) is 0 Å². The van der Waals surface area contributed by atoms with Gasteiger partial charge in [0.25, 0.3) is 0 Å². The fourth-order valence-corrected chi connectivity index (χ4v) is 1.86. The normalized spacial score (nSPS) is 10.7. The van der Waals surface area contributed by atoms with Gasteiger partial charge in [0, 0.05) is 5.56 Å². The Balaban J connectivity index is 2.84. The Morgan fingerprint density at radius 1 is 1.14 bits per heavy atom. The molecule has 1 N–H and O–H groups in total. The fourth-order valence-electron chi connectivity index (χ4n) is 1.86. The van der Waals surface area contributed by atoms with Crippen LogP contribution in [0.3, 0.4) is 0 Å². The Labute approximate surface area is 84.0 Å². The minimum Gasteiger partial charge on any atom is -0.508 e. The Kier molecular flexibility index (Phi) is 2.16. The van der Waals surface area contributed by atoms with Crippen LogP contribution in [0.4, 0.5) is 0 Å². The van der Waals surface area contributed by atoms with Crippen LogP contribution in [0.1, 0.15) is 18.1 Å². The molecule has 0 aliphatic heterocycles. The van der Waals surface area contributed by atoms with Gasteiger partial charge in [-0.25, -0.2) is 0 Å². The first-order valence-electron chi connectivity index (χ1n) is 4.93. The number of fused-ring (bicyclic) bond motifs is 1. The number of phenolic OH excluding ortho intramolecular Hbond substituents is 1. The van der Waals surface area contributed by atoms with E-state index in [1.807, 2.05) is 6.07 Å². The van der Waals surface area contributed by atoms with E-state index >= 15 is 0 Å². The molecule has 0 saturated carbocycles.